The minimum Gasteiger partial charge on any atom is -0.494 e. The molecule has 1 aromatic heterocycles. The van der Waals surface area contributed by atoms with Gasteiger partial charge in [-0.1, -0.05) is 19.1 Å². The van der Waals surface area contributed by atoms with E-state index >= 15 is 0 Å². The molecule has 0 radical (unpaired) electrons. The average Bonchev–Trinajstić information content (AvgIpc) is 2.61. The molecule has 0 bridgehead atoms. The van der Waals surface area contributed by atoms with Gasteiger partial charge < -0.3 is 14.4 Å². The standard InChI is InChI=1S/C19H24N2O3/c1-4-24-19(22)15-12-20-17-14(6-5-7-16(17)23-3)18(15)21-10-8-13(2)9-11-21/h5-7,12-13H,4,8-11H2,1-3H3. The maximum atomic E-state index is 12.5. The molecular formula is C19H24N2O3. The number of methoxy groups -OCH3 is 1. The summed E-state index contributed by atoms with van der Waals surface area (Å²) in [5.74, 6) is 1.12. The number of esters is 1. The van der Waals surface area contributed by atoms with E-state index in [1.54, 1.807) is 13.3 Å². The van der Waals surface area contributed by atoms with Crippen LogP contribution < -0.4 is 9.64 Å². The number of anilines is 1. The molecule has 3 rings (SSSR count). The topological polar surface area (TPSA) is 51.7 Å². The van der Waals surface area contributed by atoms with Gasteiger partial charge in [0.25, 0.3) is 0 Å². The van der Waals surface area contributed by atoms with Crippen LogP contribution in [0.25, 0.3) is 10.9 Å². The highest BCUT2D eigenvalue weighted by Gasteiger charge is 2.25. The molecule has 0 saturated carbocycles. The summed E-state index contributed by atoms with van der Waals surface area (Å²) in [6.07, 6.45) is 3.86. The molecule has 0 aliphatic carbocycles. The van der Waals surface area contributed by atoms with E-state index < -0.39 is 0 Å². The van der Waals surface area contributed by atoms with Crippen LogP contribution in [0.1, 0.15) is 37.0 Å². The van der Waals surface area contributed by atoms with E-state index in [2.05, 4.69) is 16.8 Å². The van der Waals surface area contributed by atoms with E-state index in [0.29, 0.717) is 12.2 Å². The Kier molecular flexibility index (Phi) is 4.88. The molecule has 0 spiro atoms. The van der Waals surface area contributed by atoms with Gasteiger partial charge in [0, 0.05) is 24.7 Å². The highest BCUT2D eigenvalue weighted by molar-refractivity contribution is 6.06. The summed E-state index contributed by atoms with van der Waals surface area (Å²) in [5, 5.41) is 0.939. The van der Waals surface area contributed by atoms with Crippen LogP contribution in [0.5, 0.6) is 5.75 Å². The molecule has 128 valence electrons. The van der Waals surface area contributed by atoms with Crippen LogP contribution in [0.2, 0.25) is 0 Å². The highest BCUT2D eigenvalue weighted by Crippen LogP contribution is 2.36. The van der Waals surface area contributed by atoms with E-state index in [-0.39, 0.29) is 5.97 Å². The third-order valence-corrected chi connectivity index (χ3v) is 4.65. The predicted octanol–water partition coefficient (Wildman–Crippen LogP) is 3.66. The number of carbonyl (C=O) groups excluding carboxylic acids is 1. The van der Waals surface area contributed by atoms with E-state index in [1.807, 2.05) is 25.1 Å². The zero-order valence-electron chi connectivity index (χ0n) is 14.5. The molecular weight excluding hydrogens is 304 g/mol. The molecule has 5 heteroatoms. The number of hydrogen-bond acceptors (Lipinski definition) is 5. The van der Waals surface area contributed by atoms with Crippen molar-refractivity contribution in [3.05, 3.63) is 30.0 Å². The average molecular weight is 328 g/mol. The van der Waals surface area contributed by atoms with Crippen molar-refractivity contribution in [2.75, 3.05) is 31.7 Å². The van der Waals surface area contributed by atoms with Gasteiger partial charge in [-0.3, -0.25) is 4.98 Å². The number of nitrogens with zero attached hydrogens (tertiary/aromatic N) is 2. The van der Waals surface area contributed by atoms with Gasteiger partial charge in [0.2, 0.25) is 0 Å². The quantitative estimate of drug-likeness (QED) is 0.802. The predicted molar refractivity (Wildman–Crippen MR) is 94.9 cm³/mol. The number of ether oxygens (including phenoxy) is 2. The molecule has 5 nitrogen and oxygen atoms in total. The molecule has 1 saturated heterocycles. The maximum Gasteiger partial charge on any atom is 0.341 e. The van der Waals surface area contributed by atoms with Crippen molar-refractivity contribution in [3.8, 4) is 5.75 Å². The summed E-state index contributed by atoms with van der Waals surface area (Å²) < 4.78 is 10.7. The molecule has 0 amide bonds. The van der Waals surface area contributed by atoms with Crippen LogP contribution in [-0.2, 0) is 4.74 Å². The second-order valence-electron chi connectivity index (χ2n) is 6.27. The molecule has 1 fully saturated rings. The van der Waals surface area contributed by atoms with Crippen LogP contribution in [-0.4, -0.2) is 37.8 Å². The molecule has 24 heavy (non-hydrogen) atoms. The van der Waals surface area contributed by atoms with Crippen molar-refractivity contribution < 1.29 is 14.3 Å². The number of hydrogen-bond donors (Lipinski definition) is 0. The van der Waals surface area contributed by atoms with E-state index in [9.17, 15) is 4.79 Å². The van der Waals surface area contributed by atoms with Gasteiger partial charge in [0.15, 0.2) is 0 Å². The lowest BCUT2D eigenvalue weighted by molar-refractivity contribution is 0.0526. The van der Waals surface area contributed by atoms with Crippen LogP contribution in [0.4, 0.5) is 5.69 Å². The summed E-state index contributed by atoms with van der Waals surface area (Å²) >= 11 is 0. The largest absolute Gasteiger partial charge is 0.494 e. The lowest BCUT2D eigenvalue weighted by atomic mass is 9.97. The normalized spacial score (nSPS) is 15.5. The zero-order valence-corrected chi connectivity index (χ0v) is 14.5. The van der Waals surface area contributed by atoms with E-state index in [4.69, 9.17) is 9.47 Å². The van der Waals surface area contributed by atoms with E-state index in [0.717, 1.165) is 54.2 Å². The number of benzene rings is 1. The Hall–Kier alpha value is -2.30. The summed E-state index contributed by atoms with van der Waals surface area (Å²) in [4.78, 5) is 19.2. The molecule has 0 atom stereocenters. The summed E-state index contributed by atoms with van der Waals surface area (Å²) in [5.41, 5.74) is 2.23. The Morgan fingerprint density at radius 3 is 2.75 bits per heavy atom. The number of piperidine rings is 1. The fourth-order valence-electron chi connectivity index (χ4n) is 3.28. The Balaban J connectivity index is 2.16. The third-order valence-electron chi connectivity index (χ3n) is 4.65. The van der Waals surface area contributed by atoms with Crippen molar-refractivity contribution >= 4 is 22.6 Å². The van der Waals surface area contributed by atoms with Crippen molar-refractivity contribution in [2.45, 2.75) is 26.7 Å². The van der Waals surface area contributed by atoms with E-state index in [1.165, 1.54) is 0 Å². The number of aromatic nitrogens is 1. The fraction of sp³-hybridized carbons (Fsp3) is 0.474. The zero-order chi connectivity index (χ0) is 17.1. The molecule has 0 unspecified atom stereocenters. The lowest BCUT2D eigenvalue weighted by Gasteiger charge is -2.34. The fourth-order valence-corrected chi connectivity index (χ4v) is 3.28. The molecule has 1 aliphatic heterocycles. The molecule has 2 heterocycles. The smallest absolute Gasteiger partial charge is 0.341 e. The second kappa shape index (κ2) is 7.07. The molecule has 2 aromatic rings. The summed E-state index contributed by atoms with van der Waals surface area (Å²) in [7, 11) is 1.64. The minimum atomic E-state index is -0.316. The van der Waals surface area contributed by atoms with Crippen LogP contribution >= 0.6 is 0 Å². The lowest BCUT2D eigenvalue weighted by Crippen LogP contribution is -2.34. The van der Waals surface area contributed by atoms with Gasteiger partial charge in [-0.15, -0.1) is 0 Å². The van der Waals surface area contributed by atoms with Gasteiger partial charge in [0.1, 0.15) is 16.8 Å². The maximum absolute atomic E-state index is 12.5. The van der Waals surface area contributed by atoms with Gasteiger partial charge in [-0.2, -0.15) is 0 Å². The number of carbonyl (C=O) groups is 1. The summed E-state index contributed by atoms with van der Waals surface area (Å²) in [6.45, 7) is 6.31. The number of rotatable bonds is 4. The minimum absolute atomic E-state index is 0.316. The van der Waals surface area contributed by atoms with Crippen molar-refractivity contribution in [1.82, 2.24) is 4.98 Å². The SMILES string of the molecule is CCOC(=O)c1cnc2c(OC)cccc2c1N1CCC(C)CC1. The number of fused-ring (bicyclic) bond motifs is 1. The first-order valence-electron chi connectivity index (χ1n) is 8.53. The first-order valence-corrected chi connectivity index (χ1v) is 8.53. The van der Waals surface area contributed by atoms with Crippen LogP contribution in [0.3, 0.4) is 0 Å². The van der Waals surface area contributed by atoms with Gasteiger partial charge >= 0.3 is 5.97 Å². The van der Waals surface area contributed by atoms with Gasteiger partial charge in [-0.05, 0) is 31.7 Å². The monoisotopic (exact) mass is 328 g/mol. The Labute approximate surface area is 142 Å². The van der Waals surface area contributed by atoms with Crippen molar-refractivity contribution in [3.63, 3.8) is 0 Å². The third kappa shape index (κ3) is 3.03. The Bertz CT molecular complexity index is 737. The summed E-state index contributed by atoms with van der Waals surface area (Å²) in [6, 6.07) is 5.83. The van der Waals surface area contributed by atoms with Crippen molar-refractivity contribution in [2.24, 2.45) is 5.92 Å². The first-order chi connectivity index (χ1) is 11.7. The molecule has 0 N–H and O–H groups in total. The first kappa shape index (κ1) is 16.6. The Morgan fingerprint density at radius 1 is 1.33 bits per heavy atom. The van der Waals surface area contributed by atoms with Gasteiger partial charge in [-0.25, -0.2) is 4.79 Å². The van der Waals surface area contributed by atoms with Gasteiger partial charge in [0.05, 0.1) is 19.4 Å². The van der Waals surface area contributed by atoms with Crippen molar-refractivity contribution in [1.29, 1.82) is 0 Å². The molecule has 1 aromatic carbocycles. The van der Waals surface area contributed by atoms with Crippen LogP contribution in [0.15, 0.2) is 24.4 Å². The molecule has 1 aliphatic rings. The Morgan fingerprint density at radius 2 is 2.08 bits per heavy atom. The second-order valence-corrected chi connectivity index (χ2v) is 6.27. The number of para-hydroxylation sites is 1. The van der Waals surface area contributed by atoms with Crippen LogP contribution in [0, 0.1) is 5.92 Å². The number of pyridine rings is 1. The highest BCUT2D eigenvalue weighted by atomic mass is 16.5.